The molecule has 0 spiro atoms. The Bertz CT molecular complexity index is 2720. The fraction of sp³-hybridized carbons (Fsp3) is 0.926. The van der Waals surface area contributed by atoms with Crippen molar-refractivity contribution in [1.29, 1.82) is 0 Å². The van der Waals surface area contributed by atoms with Gasteiger partial charge in [-0.3, -0.25) is 16.7 Å². The second-order valence-electron chi connectivity index (χ2n) is 27.8. The van der Waals surface area contributed by atoms with Gasteiger partial charge >= 0.3 is 118 Å². The molecule has 9 aliphatic rings. The van der Waals surface area contributed by atoms with Crippen LogP contribution in [0.1, 0.15) is 165 Å². The van der Waals surface area contributed by atoms with Crippen molar-refractivity contribution in [2.45, 2.75) is 201 Å². The van der Waals surface area contributed by atoms with Gasteiger partial charge in [0.05, 0.1) is 24.4 Å². The Labute approximate surface area is 567 Å². The molecule has 436 valence electrons. The fourth-order valence-electron chi connectivity index (χ4n) is 20.8. The van der Waals surface area contributed by atoms with Crippen LogP contribution >= 0.6 is 0 Å². The zero-order valence-corrected chi connectivity index (χ0v) is 60.8. The van der Waals surface area contributed by atoms with E-state index in [1.807, 2.05) is 0 Å². The Balaban J connectivity index is 0.00000294. The average Bonchev–Trinajstić information content (AvgIpc) is 3.88. The molecule has 0 aromatic carbocycles. The molecule has 80 heavy (non-hydrogen) atoms. The van der Waals surface area contributed by atoms with Gasteiger partial charge in [0.2, 0.25) is 41.6 Å². The van der Waals surface area contributed by atoms with Crippen molar-refractivity contribution in [3.63, 3.8) is 0 Å². The van der Waals surface area contributed by atoms with Crippen LogP contribution in [0.4, 0.5) is 0 Å². The third-order valence-corrected chi connectivity index (χ3v) is 25.8. The van der Waals surface area contributed by atoms with E-state index in [1.165, 1.54) is 0 Å². The molecule has 2 N–H and O–H groups in total. The first kappa shape index (κ1) is 73.6. The standard InChI is InChI=1S/C54H88O18S4.4Na/c1-29(36-12-14-39-34-24-46(69-73(57,58)59)43-22-32(55)16-19-53(43,8)41(34)17-20-51(36,39)6)10-11-38-33(30(2)27-50(38,4)5)23-45(56)31(3)37-13-15-40-35-25-47(70-74(60,61)62)44-26-48(71-75(63,64)65)49(72-76(66,67)68)28-54(44,9)42(35)18-21-52(37,40)7;;;;/h10-11,29,31-49,55-56H,2,12-28H2,1,3-9H3,(H,57,58,59)(H,60,61,62)(H,63,64,65)(H,66,67,68);;;;/q;4*+1/p-4/b11-10+;;;;/t29?,31?,32-,33-,34-,35+,36+,37+,38-,39-,40-,41-,42-,43+,44+,45?,46-,47-,48+,49+,51+,52+,53+,54+;;;;/m0..../s1. The molecule has 9 saturated carbocycles. The number of hydrogen-bond acceptors (Lipinski definition) is 18. The Morgan fingerprint density at radius 3 is 1.50 bits per heavy atom. The summed E-state index contributed by atoms with van der Waals surface area (Å²) in [6, 6.07) is 0. The van der Waals surface area contributed by atoms with Gasteiger partial charge in [0.1, 0.15) is 12.2 Å². The molecule has 26 heteroatoms. The smallest absolute Gasteiger partial charge is 0.726 e. The second-order valence-corrected chi connectivity index (χ2v) is 31.8. The summed E-state index contributed by atoms with van der Waals surface area (Å²) in [5.74, 6) is 0.0765. The molecule has 0 aromatic heterocycles. The molecule has 9 fully saturated rings. The Morgan fingerprint density at radius 2 is 0.988 bits per heavy atom. The van der Waals surface area contributed by atoms with Gasteiger partial charge in [-0.15, -0.1) is 0 Å². The van der Waals surface area contributed by atoms with Gasteiger partial charge in [0.25, 0.3) is 0 Å². The summed E-state index contributed by atoms with van der Waals surface area (Å²) in [4.78, 5) is 0. The summed E-state index contributed by atoms with van der Waals surface area (Å²) in [5.41, 5.74) is -0.582. The van der Waals surface area contributed by atoms with Crippen molar-refractivity contribution >= 4 is 41.6 Å². The third kappa shape index (κ3) is 14.6. The van der Waals surface area contributed by atoms with E-state index >= 15 is 0 Å². The van der Waals surface area contributed by atoms with Crippen LogP contribution in [0.3, 0.4) is 0 Å². The van der Waals surface area contributed by atoms with Crippen molar-refractivity contribution in [1.82, 2.24) is 0 Å². The van der Waals surface area contributed by atoms with Crippen molar-refractivity contribution in [2.75, 3.05) is 0 Å². The van der Waals surface area contributed by atoms with Gasteiger partial charge in [-0.2, -0.15) is 0 Å². The van der Waals surface area contributed by atoms with Crippen LogP contribution in [0.2, 0.25) is 0 Å². The monoisotopic (exact) mass is 1240 g/mol. The second kappa shape index (κ2) is 26.2. The van der Waals surface area contributed by atoms with Gasteiger partial charge in [-0.25, -0.2) is 33.7 Å². The van der Waals surface area contributed by atoms with Crippen LogP contribution in [-0.4, -0.2) is 98.7 Å². The molecular weight excluding hydrogens is 1160 g/mol. The number of fused-ring (bicyclic) bond motifs is 10. The normalized spacial score (nSPS) is 45.3. The van der Waals surface area contributed by atoms with Crippen LogP contribution < -0.4 is 118 Å². The van der Waals surface area contributed by atoms with Crippen molar-refractivity contribution in [2.24, 2.45) is 110 Å². The summed E-state index contributed by atoms with van der Waals surface area (Å²) < 4.78 is 165. The summed E-state index contributed by atoms with van der Waals surface area (Å²) in [5, 5.41) is 23.1. The van der Waals surface area contributed by atoms with Gasteiger partial charge in [-0.1, -0.05) is 79.7 Å². The van der Waals surface area contributed by atoms with E-state index in [0.29, 0.717) is 56.3 Å². The average molecular weight is 1240 g/mol. The van der Waals surface area contributed by atoms with Crippen molar-refractivity contribution in [3.05, 3.63) is 24.3 Å². The van der Waals surface area contributed by atoms with Gasteiger partial charge < -0.3 is 28.4 Å². The molecule has 9 aliphatic carbocycles. The molecule has 0 heterocycles. The zero-order valence-electron chi connectivity index (χ0n) is 49.5. The fourth-order valence-corrected chi connectivity index (χ4v) is 22.9. The number of rotatable bonds is 15. The Kier molecular flexibility index (Phi) is 24.1. The summed E-state index contributed by atoms with van der Waals surface area (Å²) in [6.45, 7) is 22.3. The SMILES string of the molecule is C=C1CC(C)(C)[C@@H](/C=C/C(C)[C@H]2CC[C@H]3[C@@H]4C[C@H](OS(=O)(=O)[O-])[C@H]5C[C@@H](O)CC[C@]5(C)[C@H]4CC[C@]23C)[C@H]1CC(O)C(C)[C@H]1CC[C@H]2[C@H]3C[C@H](OS(=O)(=O)[O-])[C@H]4C[C@@H](OS(=O)(=O)[O-])[C@H](OS(=O)(=O)[O-])C[C@]4(C)[C@H]3CC[C@]12C.[Na+].[Na+].[Na+].[Na+]. The van der Waals surface area contributed by atoms with Gasteiger partial charge in [0, 0.05) is 0 Å². The van der Waals surface area contributed by atoms with E-state index in [1.54, 1.807) is 6.92 Å². The topological polar surface area (TPSA) is 306 Å². The maximum Gasteiger partial charge on any atom is 1.00 e. The zero-order chi connectivity index (χ0) is 55.9. The molecule has 0 aliphatic heterocycles. The van der Waals surface area contributed by atoms with Gasteiger partial charge in [0.15, 0.2) is 0 Å². The molecule has 24 atom stereocenters. The maximum atomic E-state index is 12.4. The minimum atomic E-state index is -5.44. The van der Waals surface area contributed by atoms with Crippen molar-refractivity contribution < 1.29 is 197 Å². The number of allylic oxidation sites excluding steroid dienone is 3. The molecule has 3 unspecified atom stereocenters. The first-order valence-electron chi connectivity index (χ1n) is 28.2. The molecule has 0 amide bonds. The van der Waals surface area contributed by atoms with E-state index in [0.717, 1.165) is 56.9 Å². The van der Waals surface area contributed by atoms with Crippen LogP contribution in [0.25, 0.3) is 0 Å². The first-order chi connectivity index (χ1) is 34.9. The molecule has 9 rings (SSSR count). The van der Waals surface area contributed by atoms with Crippen LogP contribution in [0.5, 0.6) is 0 Å². The van der Waals surface area contributed by atoms with Crippen molar-refractivity contribution in [3.8, 4) is 0 Å². The molecule has 18 nitrogen and oxygen atoms in total. The number of hydrogen-bond donors (Lipinski definition) is 2. The van der Waals surface area contributed by atoms with E-state index in [-0.39, 0.29) is 212 Å². The molecular formula is C54H84Na4O18S4. The summed E-state index contributed by atoms with van der Waals surface area (Å²) >= 11 is 0. The first-order valence-corrected chi connectivity index (χ1v) is 33.5. The Morgan fingerprint density at radius 1 is 0.562 bits per heavy atom. The minimum Gasteiger partial charge on any atom is -0.726 e. The number of aliphatic hydroxyl groups is 2. The quantitative estimate of drug-likeness (QED) is 0.0678. The summed E-state index contributed by atoms with van der Waals surface area (Å²) in [7, 11) is -21.1. The van der Waals surface area contributed by atoms with Gasteiger partial charge in [-0.05, 0) is 219 Å². The summed E-state index contributed by atoms with van der Waals surface area (Å²) in [6.07, 6.45) is 8.28. The number of aliphatic hydroxyl groups excluding tert-OH is 2. The largest absolute Gasteiger partial charge is 1.00 e. The predicted octanol–water partition coefficient (Wildman–Crippen LogP) is -4.31. The minimum absolute atomic E-state index is 0. The molecule has 0 saturated heterocycles. The van der Waals surface area contributed by atoms with Crippen LogP contribution in [0, 0.1) is 110 Å². The maximum absolute atomic E-state index is 12.4. The molecule has 0 radical (unpaired) electrons. The van der Waals surface area contributed by atoms with Crippen LogP contribution in [0.15, 0.2) is 24.3 Å². The van der Waals surface area contributed by atoms with E-state index in [9.17, 15) is 62.1 Å². The van der Waals surface area contributed by atoms with Crippen LogP contribution in [-0.2, 0) is 58.3 Å². The van der Waals surface area contributed by atoms with E-state index in [2.05, 4.69) is 67.2 Å². The van der Waals surface area contributed by atoms with E-state index < -0.39 is 96.0 Å². The van der Waals surface area contributed by atoms with E-state index in [4.69, 9.17) is 16.7 Å². The third-order valence-electron chi connectivity index (χ3n) is 23.9. The Hall–Kier alpha value is 2.88. The molecule has 0 bridgehead atoms. The molecule has 0 aromatic rings. The predicted molar refractivity (Wildman–Crippen MR) is 273 cm³/mol.